The van der Waals surface area contributed by atoms with Crippen LogP contribution in [0, 0.1) is 0 Å². The van der Waals surface area contributed by atoms with E-state index in [1.165, 1.54) is 6.33 Å². The van der Waals surface area contributed by atoms with Crippen LogP contribution in [0.25, 0.3) is 10.9 Å². The number of carbonyl (C=O) groups is 1. The summed E-state index contributed by atoms with van der Waals surface area (Å²) in [7, 11) is 1.59. The van der Waals surface area contributed by atoms with E-state index in [0.29, 0.717) is 51.3 Å². The summed E-state index contributed by atoms with van der Waals surface area (Å²) in [5.74, 6) is 3.02. The molecule has 214 valence electrons. The van der Waals surface area contributed by atoms with Crippen molar-refractivity contribution in [3.05, 3.63) is 54.6 Å². The Balaban J connectivity index is 0.00000220. The number of halogens is 2. The first-order chi connectivity index (χ1) is 18.3. The Hall–Kier alpha value is -3.80. The van der Waals surface area contributed by atoms with Crippen molar-refractivity contribution in [3.63, 3.8) is 0 Å². The van der Waals surface area contributed by atoms with Crippen molar-refractivity contribution >= 4 is 53.3 Å². The number of nitrogens with zero attached hydrogens (tertiary/aromatic N) is 3. The maximum absolute atomic E-state index is 12.5. The molecule has 1 saturated heterocycles. The minimum atomic E-state index is -0.460. The lowest BCUT2D eigenvalue weighted by atomic mass is 9.93. The lowest BCUT2D eigenvalue weighted by Crippen LogP contribution is -2.19. The van der Waals surface area contributed by atoms with E-state index in [4.69, 9.17) is 18.7 Å². The van der Waals surface area contributed by atoms with Crippen molar-refractivity contribution < 1.29 is 23.5 Å². The Morgan fingerprint density at radius 2 is 1.90 bits per heavy atom. The number of anilines is 2. The molecular formula is C27H32Cl2N6O5. The third kappa shape index (κ3) is 7.23. The molecular weight excluding hydrogens is 559 g/mol. The van der Waals surface area contributed by atoms with E-state index in [9.17, 15) is 4.79 Å². The monoisotopic (exact) mass is 590 g/mol. The first-order valence-corrected chi connectivity index (χ1v) is 12.3. The molecule has 11 nitrogen and oxygen atoms in total. The number of urea groups is 1. The molecule has 0 aliphatic carbocycles. The van der Waals surface area contributed by atoms with Crippen LogP contribution in [-0.2, 0) is 5.41 Å². The number of amides is 2. The fourth-order valence-corrected chi connectivity index (χ4v) is 4.00. The van der Waals surface area contributed by atoms with Gasteiger partial charge in [-0.3, -0.25) is 5.32 Å². The standard InChI is InChI=1S/C27H30N6O5.2ClH/c1-27(2,3)23-13-24(33-38-23)32-26(34)31-16-6-5-7-17(10-16)37-25-19-11-21(35-4)22(12-20(19)29-15-30-25)36-18-8-9-28-14-18;;/h5-7,10-13,15,18,28H,8-9,14H2,1-4H3,(H2,31,32,33,34);2*1H/t18-;;/m0../s1. The average Bonchev–Trinajstić information content (AvgIpc) is 3.56. The lowest BCUT2D eigenvalue weighted by Gasteiger charge is -2.16. The smallest absolute Gasteiger partial charge is 0.324 e. The normalized spacial score (nSPS) is 14.6. The van der Waals surface area contributed by atoms with Crippen LogP contribution in [-0.4, -0.2) is 47.5 Å². The van der Waals surface area contributed by atoms with Crippen molar-refractivity contribution in [2.75, 3.05) is 30.8 Å². The molecule has 0 spiro atoms. The predicted octanol–water partition coefficient (Wildman–Crippen LogP) is 5.94. The Kier molecular flexibility index (Phi) is 10.0. The first-order valence-electron chi connectivity index (χ1n) is 12.3. The first kappa shape index (κ1) is 30.7. The molecule has 2 aromatic carbocycles. The maximum Gasteiger partial charge on any atom is 0.324 e. The Morgan fingerprint density at radius 3 is 2.60 bits per heavy atom. The van der Waals surface area contributed by atoms with Crippen LogP contribution in [0.3, 0.4) is 0 Å². The predicted molar refractivity (Wildman–Crippen MR) is 157 cm³/mol. The average molecular weight is 591 g/mol. The van der Waals surface area contributed by atoms with Gasteiger partial charge in [-0.2, -0.15) is 0 Å². The molecule has 2 aromatic heterocycles. The van der Waals surface area contributed by atoms with Gasteiger partial charge < -0.3 is 29.4 Å². The fourth-order valence-electron chi connectivity index (χ4n) is 4.00. The summed E-state index contributed by atoms with van der Waals surface area (Å²) >= 11 is 0. The zero-order chi connectivity index (χ0) is 26.7. The molecule has 1 aliphatic heterocycles. The molecule has 1 aliphatic rings. The molecule has 0 unspecified atom stereocenters. The quantitative estimate of drug-likeness (QED) is 0.239. The van der Waals surface area contributed by atoms with Gasteiger partial charge in [0.15, 0.2) is 17.3 Å². The van der Waals surface area contributed by atoms with Gasteiger partial charge in [-0.15, -0.1) is 24.8 Å². The number of hydrogen-bond donors (Lipinski definition) is 3. The summed E-state index contributed by atoms with van der Waals surface area (Å²) < 4.78 is 23.1. The van der Waals surface area contributed by atoms with Crippen LogP contribution >= 0.6 is 24.8 Å². The van der Waals surface area contributed by atoms with E-state index >= 15 is 0 Å². The molecule has 5 rings (SSSR count). The number of methoxy groups -OCH3 is 1. The summed E-state index contributed by atoms with van der Waals surface area (Å²) in [6.45, 7) is 7.72. The third-order valence-corrected chi connectivity index (χ3v) is 5.99. The van der Waals surface area contributed by atoms with Crippen LogP contribution in [0.1, 0.15) is 33.0 Å². The van der Waals surface area contributed by atoms with Gasteiger partial charge in [0.25, 0.3) is 0 Å². The number of ether oxygens (including phenoxy) is 3. The molecule has 1 atom stereocenters. The second-order valence-electron chi connectivity index (χ2n) is 9.97. The Bertz CT molecular complexity index is 1450. The van der Waals surface area contributed by atoms with Crippen molar-refractivity contribution in [1.82, 2.24) is 20.4 Å². The molecule has 13 heteroatoms. The lowest BCUT2D eigenvalue weighted by molar-refractivity contribution is 0.213. The highest BCUT2D eigenvalue weighted by Crippen LogP contribution is 2.37. The van der Waals surface area contributed by atoms with Crippen molar-refractivity contribution in [2.24, 2.45) is 0 Å². The molecule has 0 saturated carbocycles. The highest BCUT2D eigenvalue weighted by atomic mass is 35.5. The number of benzene rings is 2. The number of nitrogens with one attached hydrogen (secondary N) is 3. The van der Waals surface area contributed by atoms with Crippen molar-refractivity contribution in [3.8, 4) is 23.1 Å². The topological polar surface area (TPSA) is 133 Å². The van der Waals surface area contributed by atoms with Gasteiger partial charge >= 0.3 is 6.03 Å². The van der Waals surface area contributed by atoms with E-state index in [1.54, 1.807) is 37.4 Å². The van der Waals surface area contributed by atoms with Crippen molar-refractivity contribution in [2.45, 2.75) is 38.7 Å². The summed E-state index contributed by atoms with van der Waals surface area (Å²) in [6, 6.07) is 11.9. The highest BCUT2D eigenvalue weighted by Gasteiger charge is 2.21. The van der Waals surface area contributed by atoms with Gasteiger partial charge in [-0.25, -0.2) is 14.8 Å². The SMILES string of the molecule is COc1cc2c(Oc3cccc(NC(=O)Nc4cc(C(C)(C)C)on4)c3)ncnc2cc1O[C@H]1CCNC1.Cl.Cl. The summed E-state index contributed by atoms with van der Waals surface area (Å²) in [5, 5.41) is 13.3. The van der Waals surface area contributed by atoms with E-state index in [2.05, 4.69) is 31.1 Å². The van der Waals surface area contributed by atoms with Crippen LogP contribution in [0.2, 0.25) is 0 Å². The number of fused-ring (bicyclic) bond motifs is 1. The minimum absolute atomic E-state index is 0. The second-order valence-corrected chi connectivity index (χ2v) is 9.97. The zero-order valence-corrected chi connectivity index (χ0v) is 24.1. The van der Waals surface area contributed by atoms with Gasteiger partial charge in [0.2, 0.25) is 5.88 Å². The molecule has 2 amide bonds. The molecule has 3 N–H and O–H groups in total. The Morgan fingerprint density at radius 1 is 1.07 bits per heavy atom. The van der Waals surface area contributed by atoms with Crippen LogP contribution < -0.4 is 30.2 Å². The van der Waals surface area contributed by atoms with Gasteiger partial charge in [-0.05, 0) is 31.2 Å². The van der Waals surface area contributed by atoms with Gasteiger partial charge in [0.1, 0.15) is 23.9 Å². The summed E-state index contributed by atoms with van der Waals surface area (Å²) in [4.78, 5) is 21.2. The minimum Gasteiger partial charge on any atom is -0.493 e. The van der Waals surface area contributed by atoms with Gasteiger partial charge in [0, 0.05) is 35.8 Å². The van der Waals surface area contributed by atoms with Gasteiger partial charge in [0.05, 0.1) is 18.0 Å². The number of carbonyl (C=O) groups excluding carboxylic acids is 1. The van der Waals surface area contributed by atoms with E-state index < -0.39 is 6.03 Å². The summed E-state index contributed by atoms with van der Waals surface area (Å²) in [5.41, 5.74) is 0.968. The summed E-state index contributed by atoms with van der Waals surface area (Å²) in [6.07, 6.45) is 2.44. The number of rotatable bonds is 7. The molecule has 1 fully saturated rings. The third-order valence-electron chi connectivity index (χ3n) is 5.99. The zero-order valence-electron chi connectivity index (χ0n) is 22.5. The molecule has 4 aromatic rings. The molecule has 3 heterocycles. The largest absolute Gasteiger partial charge is 0.493 e. The van der Waals surface area contributed by atoms with Crippen molar-refractivity contribution in [1.29, 1.82) is 0 Å². The van der Waals surface area contributed by atoms with Crippen LogP contribution in [0.5, 0.6) is 23.1 Å². The molecule has 40 heavy (non-hydrogen) atoms. The van der Waals surface area contributed by atoms with Crippen LogP contribution in [0.4, 0.5) is 16.3 Å². The molecule has 0 bridgehead atoms. The Labute approximate surface area is 244 Å². The highest BCUT2D eigenvalue weighted by molar-refractivity contribution is 5.99. The van der Waals surface area contributed by atoms with E-state index in [0.717, 1.165) is 19.5 Å². The maximum atomic E-state index is 12.5. The van der Waals surface area contributed by atoms with Gasteiger partial charge in [-0.1, -0.05) is 32.0 Å². The second kappa shape index (κ2) is 13.0. The number of hydrogen-bond acceptors (Lipinski definition) is 9. The number of aromatic nitrogens is 3. The van der Waals surface area contributed by atoms with E-state index in [1.807, 2.05) is 32.9 Å². The van der Waals surface area contributed by atoms with Crippen LogP contribution in [0.15, 0.2) is 53.3 Å². The fraction of sp³-hybridized carbons (Fsp3) is 0.333. The van der Waals surface area contributed by atoms with E-state index in [-0.39, 0.29) is 36.3 Å². The molecule has 0 radical (unpaired) electrons.